The van der Waals surface area contributed by atoms with Crippen molar-refractivity contribution >= 4 is 0 Å². The Labute approximate surface area is 61.1 Å². The van der Waals surface area contributed by atoms with Crippen molar-refractivity contribution in [3.63, 3.8) is 0 Å². The van der Waals surface area contributed by atoms with Crippen molar-refractivity contribution < 1.29 is 0 Å². The molecule has 0 aliphatic rings. The van der Waals surface area contributed by atoms with Gasteiger partial charge < -0.3 is 9.88 Å². The Morgan fingerprint density at radius 2 is 2.30 bits per heavy atom. The number of hydrogen-bond donors (Lipinski definition) is 1. The molecule has 0 saturated carbocycles. The van der Waals surface area contributed by atoms with E-state index < -0.39 is 0 Å². The van der Waals surface area contributed by atoms with E-state index in [-0.39, 0.29) is 0 Å². The molecule has 0 radical (unpaired) electrons. The van der Waals surface area contributed by atoms with Gasteiger partial charge in [-0.05, 0) is 21.0 Å². The maximum atomic E-state index is 4.09. The van der Waals surface area contributed by atoms with Crippen LogP contribution in [-0.2, 0) is 6.54 Å². The summed E-state index contributed by atoms with van der Waals surface area (Å²) in [7, 11) is 4.08. The van der Waals surface area contributed by atoms with Crippen LogP contribution in [0.15, 0.2) is 6.20 Å². The molecular weight excluding hydrogens is 126 g/mol. The van der Waals surface area contributed by atoms with Gasteiger partial charge >= 0.3 is 0 Å². The van der Waals surface area contributed by atoms with E-state index in [4.69, 9.17) is 0 Å². The second kappa shape index (κ2) is 2.84. The van der Waals surface area contributed by atoms with Crippen molar-refractivity contribution in [2.75, 3.05) is 14.1 Å². The normalized spacial score (nSPS) is 10.8. The lowest BCUT2D eigenvalue weighted by Gasteiger charge is -2.05. The van der Waals surface area contributed by atoms with E-state index in [1.807, 2.05) is 27.2 Å². The first-order chi connectivity index (χ1) is 4.68. The summed E-state index contributed by atoms with van der Waals surface area (Å²) in [5.41, 5.74) is 1.17. The number of imidazole rings is 1. The van der Waals surface area contributed by atoms with E-state index in [1.54, 1.807) is 0 Å². The van der Waals surface area contributed by atoms with E-state index in [2.05, 4.69) is 14.9 Å². The first kappa shape index (κ1) is 7.28. The molecule has 0 bridgehead atoms. The summed E-state index contributed by atoms with van der Waals surface area (Å²) >= 11 is 0. The Hall–Kier alpha value is -0.830. The summed E-state index contributed by atoms with van der Waals surface area (Å²) in [6.45, 7) is 2.89. The standard InChI is InChI=1S/C7H13N3/c1-6-8-4-7(9-6)5-10(2)3/h4H,5H2,1-3H3,(H,8,9). The number of nitrogens with one attached hydrogen (secondary N) is 1. The van der Waals surface area contributed by atoms with Gasteiger partial charge in [-0.3, -0.25) is 0 Å². The fourth-order valence-electron chi connectivity index (χ4n) is 0.893. The van der Waals surface area contributed by atoms with E-state index in [0.717, 1.165) is 12.4 Å². The van der Waals surface area contributed by atoms with Crippen molar-refractivity contribution in [1.82, 2.24) is 14.9 Å². The fraction of sp³-hybridized carbons (Fsp3) is 0.571. The predicted molar refractivity (Wildman–Crippen MR) is 40.7 cm³/mol. The predicted octanol–water partition coefficient (Wildman–Crippen LogP) is 0.780. The van der Waals surface area contributed by atoms with Crippen LogP contribution in [0, 0.1) is 6.92 Å². The van der Waals surface area contributed by atoms with Gasteiger partial charge in [0.1, 0.15) is 5.82 Å². The van der Waals surface area contributed by atoms with E-state index >= 15 is 0 Å². The average Bonchev–Trinajstić information content (AvgIpc) is 2.13. The lowest BCUT2D eigenvalue weighted by molar-refractivity contribution is 0.397. The van der Waals surface area contributed by atoms with Crippen LogP contribution in [-0.4, -0.2) is 29.0 Å². The molecule has 3 heteroatoms. The Balaban J connectivity index is 2.58. The molecular formula is C7H13N3. The summed E-state index contributed by atoms with van der Waals surface area (Å²) in [5, 5.41) is 0. The van der Waals surface area contributed by atoms with E-state index in [0.29, 0.717) is 0 Å². The molecule has 0 saturated heterocycles. The van der Waals surface area contributed by atoms with Gasteiger partial charge in [0.05, 0.1) is 0 Å². The molecule has 0 amide bonds. The summed E-state index contributed by atoms with van der Waals surface area (Å²) < 4.78 is 0. The van der Waals surface area contributed by atoms with Crippen LogP contribution in [0.3, 0.4) is 0 Å². The minimum absolute atomic E-state index is 0.931. The number of aryl methyl sites for hydroxylation is 1. The maximum absolute atomic E-state index is 4.09. The van der Waals surface area contributed by atoms with Gasteiger partial charge in [0.15, 0.2) is 0 Å². The lowest BCUT2D eigenvalue weighted by atomic mass is 10.4. The van der Waals surface area contributed by atoms with Gasteiger partial charge in [0, 0.05) is 18.4 Å². The summed E-state index contributed by atoms with van der Waals surface area (Å²) in [4.78, 5) is 9.35. The van der Waals surface area contributed by atoms with Gasteiger partial charge in [-0.1, -0.05) is 0 Å². The molecule has 0 aliphatic carbocycles. The third-order valence-electron chi connectivity index (χ3n) is 1.24. The zero-order chi connectivity index (χ0) is 7.56. The molecule has 1 heterocycles. The van der Waals surface area contributed by atoms with Crippen LogP contribution in [0.25, 0.3) is 0 Å². The molecule has 1 N–H and O–H groups in total. The van der Waals surface area contributed by atoms with Crippen molar-refractivity contribution in [2.24, 2.45) is 0 Å². The van der Waals surface area contributed by atoms with Crippen LogP contribution >= 0.6 is 0 Å². The number of aromatic amines is 1. The minimum atomic E-state index is 0.931. The molecule has 0 atom stereocenters. The number of hydrogen-bond acceptors (Lipinski definition) is 2. The van der Waals surface area contributed by atoms with Crippen LogP contribution in [0.2, 0.25) is 0 Å². The summed E-state index contributed by atoms with van der Waals surface area (Å²) in [6.07, 6.45) is 1.87. The van der Waals surface area contributed by atoms with Crippen molar-refractivity contribution in [3.8, 4) is 0 Å². The van der Waals surface area contributed by atoms with Gasteiger partial charge in [0.25, 0.3) is 0 Å². The zero-order valence-electron chi connectivity index (χ0n) is 6.68. The minimum Gasteiger partial charge on any atom is -0.345 e. The molecule has 10 heavy (non-hydrogen) atoms. The molecule has 0 unspecified atom stereocenters. The Morgan fingerprint density at radius 3 is 2.70 bits per heavy atom. The van der Waals surface area contributed by atoms with E-state index in [1.165, 1.54) is 5.69 Å². The summed E-state index contributed by atoms with van der Waals surface area (Å²) in [6, 6.07) is 0. The number of nitrogens with zero attached hydrogens (tertiary/aromatic N) is 2. The third kappa shape index (κ3) is 1.84. The Morgan fingerprint density at radius 1 is 1.60 bits per heavy atom. The summed E-state index contributed by atoms with van der Waals surface area (Å²) in [5.74, 6) is 0.983. The van der Waals surface area contributed by atoms with Crippen LogP contribution in [0.4, 0.5) is 0 Å². The quantitative estimate of drug-likeness (QED) is 0.656. The topological polar surface area (TPSA) is 31.9 Å². The zero-order valence-corrected chi connectivity index (χ0v) is 6.68. The van der Waals surface area contributed by atoms with Crippen molar-refractivity contribution in [3.05, 3.63) is 17.7 Å². The molecule has 56 valence electrons. The van der Waals surface area contributed by atoms with Crippen molar-refractivity contribution in [2.45, 2.75) is 13.5 Å². The maximum Gasteiger partial charge on any atom is 0.103 e. The molecule has 3 nitrogen and oxygen atoms in total. The number of rotatable bonds is 2. The van der Waals surface area contributed by atoms with Crippen LogP contribution in [0.5, 0.6) is 0 Å². The SMILES string of the molecule is Cc1ncc(CN(C)C)[nH]1. The van der Waals surface area contributed by atoms with Crippen molar-refractivity contribution in [1.29, 1.82) is 0 Å². The first-order valence-electron chi connectivity index (χ1n) is 3.33. The second-order valence-electron chi connectivity index (χ2n) is 2.73. The highest BCUT2D eigenvalue weighted by Crippen LogP contribution is 1.97. The molecule has 1 rings (SSSR count). The van der Waals surface area contributed by atoms with Gasteiger partial charge in [-0.2, -0.15) is 0 Å². The first-order valence-corrected chi connectivity index (χ1v) is 3.33. The molecule has 0 fully saturated rings. The molecule has 0 aliphatic heterocycles. The molecule has 0 aromatic carbocycles. The average molecular weight is 139 g/mol. The van der Waals surface area contributed by atoms with Gasteiger partial charge in [0.2, 0.25) is 0 Å². The molecule has 1 aromatic heterocycles. The van der Waals surface area contributed by atoms with Crippen LogP contribution in [0.1, 0.15) is 11.5 Å². The lowest BCUT2D eigenvalue weighted by Crippen LogP contribution is -2.10. The van der Waals surface area contributed by atoms with Crippen LogP contribution < -0.4 is 0 Å². The highest BCUT2D eigenvalue weighted by atomic mass is 15.1. The highest BCUT2D eigenvalue weighted by Gasteiger charge is 1.96. The fourth-order valence-corrected chi connectivity index (χ4v) is 0.893. The number of H-pyrrole nitrogens is 1. The molecule has 1 aromatic rings. The Bertz CT molecular complexity index is 202. The largest absolute Gasteiger partial charge is 0.345 e. The smallest absolute Gasteiger partial charge is 0.103 e. The Kier molecular flexibility index (Phi) is 2.06. The van der Waals surface area contributed by atoms with E-state index in [9.17, 15) is 0 Å². The highest BCUT2D eigenvalue weighted by molar-refractivity contribution is 4.98. The second-order valence-corrected chi connectivity index (χ2v) is 2.73. The molecule has 0 spiro atoms. The number of aromatic nitrogens is 2. The monoisotopic (exact) mass is 139 g/mol. The van der Waals surface area contributed by atoms with Gasteiger partial charge in [-0.25, -0.2) is 4.98 Å². The van der Waals surface area contributed by atoms with Gasteiger partial charge in [-0.15, -0.1) is 0 Å². The third-order valence-corrected chi connectivity index (χ3v) is 1.24.